The molecule has 1 aliphatic heterocycles. The summed E-state index contributed by atoms with van der Waals surface area (Å²) in [6.45, 7) is 3.66. The Morgan fingerprint density at radius 1 is 1.13 bits per heavy atom. The number of hydrogen-bond acceptors (Lipinski definition) is 4. The van der Waals surface area contributed by atoms with Crippen molar-refractivity contribution in [3.8, 4) is 0 Å². The van der Waals surface area contributed by atoms with Gasteiger partial charge in [-0.05, 0) is 62.2 Å². The molecule has 6 nitrogen and oxygen atoms in total. The number of nitrogens with one attached hydrogen (secondary N) is 2. The topological polar surface area (TPSA) is 70.7 Å². The van der Waals surface area contributed by atoms with Gasteiger partial charge in [-0.15, -0.1) is 0 Å². The Hall–Kier alpha value is -2.41. The van der Waals surface area contributed by atoms with Crippen molar-refractivity contribution in [2.45, 2.75) is 25.8 Å². The van der Waals surface area contributed by atoms with Gasteiger partial charge in [0.15, 0.2) is 0 Å². The Morgan fingerprint density at radius 3 is 2.65 bits per heavy atom. The third-order valence-electron chi connectivity index (χ3n) is 5.49. The van der Waals surface area contributed by atoms with Gasteiger partial charge in [-0.25, -0.2) is 0 Å². The highest BCUT2D eigenvalue weighted by Crippen LogP contribution is 2.23. The Labute approximate surface area is 188 Å². The van der Waals surface area contributed by atoms with E-state index in [2.05, 4.69) is 21.6 Å². The maximum Gasteiger partial charge on any atom is 0.253 e. The molecule has 0 radical (unpaired) electrons. The van der Waals surface area contributed by atoms with Crippen molar-refractivity contribution in [3.05, 3.63) is 64.7 Å². The van der Waals surface area contributed by atoms with Crippen LogP contribution in [0.15, 0.2) is 48.5 Å². The minimum atomic E-state index is -0.191. The zero-order chi connectivity index (χ0) is 22.1. The first-order chi connectivity index (χ1) is 15.1. The van der Waals surface area contributed by atoms with Crippen molar-refractivity contribution < 1.29 is 14.3 Å². The quantitative estimate of drug-likeness (QED) is 0.575. The molecule has 1 saturated heterocycles. The maximum atomic E-state index is 12.9. The molecule has 2 aromatic rings. The second-order valence-corrected chi connectivity index (χ2v) is 8.25. The number of methoxy groups -OCH3 is 1. The van der Waals surface area contributed by atoms with Crippen LogP contribution in [-0.4, -0.2) is 50.1 Å². The van der Waals surface area contributed by atoms with Crippen LogP contribution in [0.2, 0.25) is 5.02 Å². The molecule has 166 valence electrons. The van der Waals surface area contributed by atoms with Crippen LogP contribution in [0.3, 0.4) is 0 Å². The molecule has 0 spiro atoms. The smallest absolute Gasteiger partial charge is 0.253 e. The van der Waals surface area contributed by atoms with Crippen LogP contribution in [0.5, 0.6) is 0 Å². The minimum absolute atomic E-state index is 0.0259. The van der Waals surface area contributed by atoms with Crippen molar-refractivity contribution in [3.63, 3.8) is 0 Å². The molecule has 0 bridgehead atoms. The molecule has 7 heteroatoms. The van der Waals surface area contributed by atoms with Crippen molar-refractivity contribution in [1.82, 2.24) is 10.2 Å². The van der Waals surface area contributed by atoms with Crippen molar-refractivity contribution in [2.24, 2.45) is 5.92 Å². The second-order valence-electron chi connectivity index (χ2n) is 7.82. The van der Waals surface area contributed by atoms with Crippen LogP contribution >= 0.6 is 11.6 Å². The molecule has 0 aliphatic carbocycles. The van der Waals surface area contributed by atoms with Gasteiger partial charge in [-0.1, -0.05) is 35.9 Å². The van der Waals surface area contributed by atoms with Crippen LogP contribution in [0, 0.1) is 5.92 Å². The summed E-state index contributed by atoms with van der Waals surface area (Å²) in [5.74, 6) is -0.279. The molecule has 0 saturated carbocycles. The maximum absolute atomic E-state index is 12.9. The summed E-state index contributed by atoms with van der Waals surface area (Å²) < 4.78 is 5.00. The van der Waals surface area contributed by atoms with E-state index in [1.165, 1.54) is 5.56 Å². The summed E-state index contributed by atoms with van der Waals surface area (Å²) in [5, 5.41) is 6.59. The van der Waals surface area contributed by atoms with E-state index >= 15 is 0 Å². The standard InChI is InChI=1S/C24H30ClN3O3/c1-31-15-5-12-26-24(30)21-8-2-3-9-22(21)27-23(29)19-10-13-28(14-11-19)17-18-6-4-7-20(25)16-18/h2-4,6-9,16,19H,5,10-15,17H2,1H3,(H,26,30)(H,27,29). The van der Waals surface area contributed by atoms with Crippen LogP contribution < -0.4 is 10.6 Å². The lowest BCUT2D eigenvalue weighted by Gasteiger charge is -2.31. The molecule has 0 unspecified atom stereocenters. The Kier molecular flexibility index (Phi) is 8.88. The first kappa shape index (κ1) is 23.3. The van der Waals surface area contributed by atoms with Crippen LogP contribution in [0.1, 0.15) is 35.2 Å². The number of hydrogen-bond donors (Lipinski definition) is 2. The normalized spacial score (nSPS) is 14.9. The van der Waals surface area contributed by atoms with Crippen molar-refractivity contribution >= 4 is 29.1 Å². The molecule has 1 fully saturated rings. The molecular weight excluding hydrogens is 414 g/mol. The highest BCUT2D eigenvalue weighted by atomic mass is 35.5. The van der Waals surface area contributed by atoms with Gasteiger partial charge in [-0.2, -0.15) is 0 Å². The molecule has 0 atom stereocenters. The molecule has 1 heterocycles. The summed E-state index contributed by atoms with van der Waals surface area (Å²) in [5.41, 5.74) is 2.21. The average Bonchev–Trinajstić information content (AvgIpc) is 2.77. The number of anilines is 1. The number of piperidine rings is 1. The molecule has 2 N–H and O–H groups in total. The fourth-order valence-electron chi connectivity index (χ4n) is 3.79. The van der Waals surface area contributed by atoms with Gasteiger partial charge in [0.25, 0.3) is 5.91 Å². The fraction of sp³-hybridized carbons (Fsp3) is 0.417. The fourth-order valence-corrected chi connectivity index (χ4v) is 4.00. The van der Waals surface area contributed by atoms with Crippen molar-refractivity contribution in [1.29, 1.82) is 0 Å². The number of benzene rings is 2. The van der Waals surface area contributed by atoms with Gasteiger partial charge in [-0.3, -0.25) is 14.5 Å². The number of amides is 2. The number of halogens is 1. The Balaban J connectivity index is 1.51. The lowest BCUT2D eigenvalue weighted by Crippen LogP contribution is -2.38. The first-order valence-electron chi connectivity index (χ1n) is 10.7. The molecule has 0 aromatic heterocycles. The number of nitrogens with zero attached hydrogens (tertiary/aromatic N) is 1. The number of carbonyl (C=O) groups excluding carboxylic acids is 2. The number of para-hydroxylation sites is 1. The monoisotopic (exact) mass is 443 g/mol. The number of likely N-dealkylation sites (tertiary alicyclic amines) is 1. The molecule has 31 heavy (non-hydrogen) atoms. The molecule has 3 rings (SSSR count). The van der Waals surface area contributed by atoms with E-state index in [4.69, 9.17) is 16.3 Å². The predicted octanol–water partition coefficient (Wildman–Crippen LogP) is 3.96. The second kappa shape index (κ2) is 11.8. The summed E-state index contributed by atoms with van der Waals surface area (Å²) >= 11 is 6.08. The SMILES string of the molecule is COCCCNC(=O)c1ccccc1NC(=O)C1CCN(Cc2cccc(Cl)c2)CC1. The number of carbonyl (C=O) groups is 2. The molecule has 1 aliphatic rings. The Morgan fingerprint density at radius 2 is 1.90 bits per heavy atom. The Bertz CT molecular complexity index is 882. The minimum Gasteiger partial charge on any atom is -0.385 e. The third-order valence-corrected chi connectivity index (χ3v) is 5.73. The van der Waals surface area contributed by atoms with Crippen molar-refractivity contribution in [2.75, 3.05) is 38.7 Å². The summed E-state index contributed by atoms with van der Waals surface area (Å²) in [7, 11) is 1.63. The van der Waals surface area contributed by atoms with E-state index < -0.39 is 0 Å². The van der Waals surface area contributed by atoms with E-state index in [1.807, 2.05) is 24.3 Å². The van der Waals surface area contributed by atoms with E-state index in [1.54, 1.807) is 25.3 Å². The van der Waals surface area contributed by atoms with E-state index in [0.29, 0.717) is 24.4 Å². The lowest BCUT2D eigenvalue weighted by atomic mass is 9.95. The number of ether oxygens (including phenoxy) is 1. The number of rotatable bonds is 9. The van der Waals surface area contributed by atoms with Gasteiger partial charge in [0.2, 0.25) is 5.91 Å². The van der Waals surface area contributed by atoms with Crippen LogP contribution in [0.25, 0.3) is 0 Å². The largest absolute Gasteiger partial charge is 0.385 e. The van der Waals surface area contributed by atoms with Gasteiger partial charge >= 0.3 is 0 Å². The predicted molar refractivity (Wildman–Crippen MR) is 123 cm³/mol. The zero-order valence-electron chi connectivity index (χ0n) is 17.9. The first-order valence-corrected chi connectivity index (χ1v) is 11.1. The lowest BCUT2D eigenvalue weighted by molar-refractivity contribution is -0.121. The summed E-state index contributed by atoms with van der Waals surface area (Å²) in [4.78, 5) is 27.7. The van der Waals surface area contributed by atoms with Gasteiger partial charge < -0.3 is 15.4 Å². The van der Waals surface area contributed by atoms with Gasteiger partial charge in [0, 0.05) is 37.7 Å². The third kappa shape index (κ3) is 7.06. The molecular formula is C24H30ClN3O3. The van der Waals surface area contributed by atoms with E-state index in [-0.39, 0.29) is 17.7 Å². The zero-order valence-corrected chi connectivity index (χ0v) is 18.7. The summed E-state index contributed by atoms with van der Waals surface area (Å²) in [6.07, 6.45) is 2.32. The summed E-state index contributed by atoms with van der Waals surface area (Å²) in [6, 6.07) is 15.0. The highest BCUT2D eigenvalue weighted by Gasteiger charge is 2.26. The van der Waals surface area contributed by atoms with Gasteiger partial charge in [0.1, 0.15) is 0 Å². The van der Waals surface area contributed by atoms with E-state index in [9.17, 15) is 9.59 Å². The van der Waals surface area contributed by atoms with Gasteiger partial charge in [0.05, 0.1) is 11.3 Å². The van der Waals surface area contributed by atoms with Crippen LogP contribution in [-0.2, 0) is 16.1 Å². The molecule has 2 aromatic carbocycles. The highest BCUT2D eigenvalue weighted by molar-refractivity contribution is 6.30. The van der Waals surface area contributed by atoms with E-state index in [0.717, 1.165) is 43.9 Å². The average molecular weight is 444 g/mol. The molecule has 2 amide bonds. The van der Waals surface area contributed by atoms with Crippen LogP contribution in [0.4, 0.5) is 5.69 Å².